The fourth-order valence-corrected chi connectivity index (χ4v) is 0. The summed E-state index contributed by atoms with van der Waals surface area (Å²) in [7, 11) is 0. The number of hydrogen-bond donors (Lipinski definition) is 0. The second kappa shape index (κ2) is 3.04. The van der Waals surface area contributed by atoms with E-state index in [1.807, 2.05) is 0 Å². The van der Waals surface area contributed by atoms with Crippen molar-refractivity contribution in [2.75, 3.05) is 0 Å². The average Bonchev–Trinajstić information content (AvgIpc) is 1.38. The summed E-state index contributed by atoms with van der Waals surface area (Å²) in [6, 6.07) is 0. The summed E-state index contributed by atoms with van der Waals surface area (Å²) >= 11 is 14.3. The van der Waals surface area contributed by atoms with E-state index in [2.05, 4.69) is 16.2 Å². The van der Waals surface area contributed by atoms with E-state index in [0.29, 0.717) is 0 Å². The third-order valence-electron chi connectivity index (χ3n) is 0.0673. The van der Waals surface area contributed by atoms with Crippen LogP contribution in [0.4, 0.5) is 0 Å². The highest BCUT2D eigenvalue weighted by Gasteiger charge is 1.88. The van der Waals surface area contributed by atoms with Gasteiger partial charge in [-0.05, 0) is 0 Å². The molecule has 0 heterocycles. The molecule has 0 unspecified atom stereocenters. The molecule has 0 aromatic heterocycles. The zero-order valence-corrected chi connectivity index (χ0v) is 4.39. The molecule has 32 valence electrons. The molecule has 5 heavy (non-hydrogen) atoms. The molecule has 0 aliphatic heterocycles. The molecule has 0 saturated carbocycles. The molecular formula is CHCl3O. The Morgan fingerprint density at radius 1 is 1.40 bits per heavy atom. The van der Waals surface area contributed by atoms with E-state index in [1.165, 1.54) is 0 Å². The first-order chi connectivity index (χ1) is 2.27. The Kier molecular flexibility index (Phi) is 3.54. The minimum Gasteiger partial charge on any atom is -0.243 e. The topological polar surface area (TPSA) is 9.23 Å². The van der Waals surface area contributed by atoms with Gasteiger partial charge < -0.3 is 0 Å². The van der Waals surface area contributed by atoms with Crippen molar-refractivity contribution in [2.45, 2.75) is 5.02 Å². The van der Waals surface area contributed by atoms with Crippen molar-refractivity contribution in [3.05, 3.63) is 0 Å². The third-order valence-corrected chi connectivity index (χ3v) is 0.606. The smallest absolute Gasteiger partial charge is 0.225 e. The van der Waals surface area contributed by atoms with Crippen molar-refractivity contribution in [1.82, 2.24) is 0 Å². The van der Waals surface area contributed by atoms with Gasteiger partial charge in [-0.15, -0.1) is 0 Å². The van der Waals surface area contributed by atoms with Crippen molar-refractivity contribution in [2.24, 2.45) is 0 Å². The lowest BCUT2D eigenvalue weighted by molar-refractivity contribution is 0.395. The van der Waals surface area contributed by atoms with Crippen LogP contribution in [0.25, 0.3) is 0 Å². The summed E-state index contributed by atoms with van der Waals surface area (Å²) in [6.45, 7) is 0. The Balaban J connectivity index is 2.54. The summed E-state index contributed by atoms with van der Waals surface area (Å²) in [4.78, 5) is 0. The van der Waals surface area contributed by atoms with E-state index in [4.69, 9.17) is 23.2 Å². The molecule has 0 atom stereocenters. The van der Waals surface area contributed by atoms with E-state index in [0.717, 1.165) is 0 Å². The molecule has 0 saturated heterocycles. The van der Waals surface area contributed by atoms with Gasteiger partial charge >= 0.3 is 0 Å². The Bertz CT molecular complexity index is 20.9. The Hall–Kier alpha value is 0.830. The first kappa shape index (κ1) is 5.83. The first-order valence-corrected chi connectivity index (χ1v) is 2.01. The summed E-state index contributed by atoms with van der Waals surface area (Å²) in [6.07, 6.45) is 0. The molecule has 0 aromatic carbocycles. The maximum atomic E-state index is 4.87. The molecule has 0 amide bonds. The maximum Gasteiger partial charge on any atom is 0.225 e. The van der Waals surface area contributed by atoms with Crippen LogP contribution in [-0.4, -0.2) is 5.02 Å². The summed E-state index contributed by atoms with van der Waals surface area (Å²) in [5, 5.41) is -0.906. The van der Waals surface area contributed by atoms with Crippen LogP contribution in [-0.2, 0) is 4.29 Å². The molecule has 0 aliphatic carbocycles. The van der Waals surface area contributed by atoms with Gasteiger partial charge in [-0.1, -0.05) is 23.2 Å². The van der Waals surface area contributed by atoms with Crippen LogP contribution in [0.5, 0.6) is 0 Å². The average molecular weight is 135 g/mol. The van der Waals surface area contributed by atoms with Gasteiger partial charge in [-0.3, -0.25) is 0 Å². The second-order valence-electron chi connectivity index (χ2n) is 0.350. The zero-order valence-electron chi connectivity index (χ0n) is 2.12. The van der Waals surface area contributed by atoms with Crippen molar-refractivity contribution < 1.29 is 4.29 Å². The van der Waals surface area contributed by atoms with Crippen LogP contribution in [0, 0.1) is 0 Å². The molecule has 0 radical (unpaired) electrons. The molecule has 1 nitrogen and oxygen atoms in total. The normalized spacial score (nSPS) is 9.60. The highest BCUT2D eigenvalue weighted by atomic mass is 35.5. The fourth-order valence-electron chi connectivity index (χ4n) is 0. The quantitative estimate of drug-likeness (QED) is 0.499. The van der Waals surface area contributed by atoms with Gasteiger partial charge in [0, 0.05) is 0 Å². The second-order valence-corrected chi connectivity index (χ2v) is 1.54. The van der Waals surface area contributed by atoms with E-state index < -0.39 is 5.02 Å². The highest BCUT2D eigenvalue weighted by Crippen LogP contribution is 2.03. The first-order valence-electron chi connectivity index (χ1n) is 0.826. The van der Waals surface area contributed by atoms with Crippen LogP contribution in [0.15, 0.2) is 0 Å². The van der Waals surface area contributed by atoms with Crippen molar-refractivity contribution in [3.63, 3.8) is 0 Å². The molecular weight excluding hydrogens is 134 g/mol. The minimum absolute atomic E-state index is 0.906. The standard InChI is InChI=1S/CHCl3O/c2-1(3)5-4/h1H. The van der Waals surface area contributed by atoms with Crippen LogP contribution in [0.2, 0.25) is 0 Å². The minimum atomic E-state index is -0.906. The van der Waals surface area contributed by atoms with Crippen LogP contribution in [0.3, 0.4) is 0 Å². The monoisotopic (exact) mass is 134 g/mol. The maximum absolute atomic E-state index is 4.87. The lowest BCUT2D eigenvalue weighted by atomic mass is 11.7. The van der Waals surface area contributed by atoms with Gasteiger partial charge in [0.2, 0.25) is 5.02 Å². The van der Waals surface area contributed by atoms with Crippen LogP contribution < -0.4 is 0 Å². The van der Waals surface area contributed by atoms with Crippen LogP contribution >= 0.6 is 35.1 Å². The molecule has 4 heteroatoms. The lowest BCUT2D eigenvalue weighted by Crippen LogP contribution is -1.78. The molecule has 0 aliphatic rings. The Morgan fingerprint density at radius 2 is 1.60 bits per heavy atom. The summed E-state index contributed by atoms with van der Waals surface area (Å²) < 4.78 is 3.75. The van der Waals surface area contributed by atoms with Crippen molar-refractivity contribution in [1.29, 1.82) is 0 Å². The number of halogens is 3. The Labute approximate surface area is 44.9 Å². The third kappa shape index (κ3) is 4.83. The molecule has 0 bridgehead atoms. The number of rotatable bonds is 1. The van der Waals surface area contributed by atoms with Gasteiger partial charge in [0.25, 0.3) is 0 Å². The predicted octanol–water partition coefficient (Wildman–Crippen LogP) is 1.92. The molecule has 0 rings (SSSR count). The number of alkyl halides is 2. The van der Waals surface area contributed by atoms with Gasteiger partial charge in [-0.25, -0.2) is 4.29 Å². The van der Waals surface area contributed by atoms with E-state index >= 15 is 0 Å². The lowest BCUT2D eigenvalue weighted by Gasteiger charge is -1.84. The summed E-state index contributed by atoms with van der Waals surface area (Å²) in [5.41, 5.74) is 0. The van der Waals surface area contributed by atoms with Crippen molar-refractivity contribution in [3.8, 4) is 0 Å². The van der Waals surface area contributed by atoms with Gasteiger partial charge in [-0.2, -0.15) is 0 Å². The molecule has 0 spiro atoms. The SMILES string of the molecule is ClOC(Cl)Cl. The van der Waals surface area contributed by atoms with Crippen molar-refractivity contribution >= 4 is 35.1 Å². The van der Waals surface area contributed by atoms with E-state index in [-0.39, 0.29) is 0 Å². The largest absolute Gasteiger partial charge is 0.243 e. The van der Waals surface area contributed by atoms with Gasteiger partial charge in [0.05, 0.1) is 11.9 Å². The fraction of sp³-hybridized carbons (Fsp3) is 1.00. The highest BCUT2D eigenvalue weighted by molar-refractivity contribution is 6.44. The molecule has 0 N–H and O–H groups in total. The Morgan fingerprint density at radius 3 is 1.60 bits per heavy atom. The van der Waals surface area contributed by atoms with E-state index in [9.17, 15) is 0 Å². The van der Waals surface area contributed by atoms with Gasteiger partial charge in [0.15, 0.2) is 0 Å². The molecule has 0 fully saturated rings. The van der Waals surface area contributed by atoms with Gasteiger partial charge in [0.1, 0.15) is 0 Å². The number of hydrogen-bond acceptors (Lipinski definition) is 1. The summed E-state index contributed by atoms with van der Waals surface area (Å²) in [5.74, 6) is 0. The molecule has 0 aromatic rings. The van der Waals surface area contributed by atoms with Crippen LogP contribution in [0.1, 0.15) is 0 Å². The predicted molar refractivity (Wildman–Crippen MR) is 22.4 cm³/mol. The zero-order chi connectivity index (χ0) is 4.28. The van der Waals surface area contributed by atoms with E-state index in [1.54, 1.807) is 0 Å².